The van der Waals surface area contributed by atoms with Crippen LogP contribution in [0.25, 0.3) is 0 Å². The van der Waals surface area contributed by atoms with Crippen molar-refractivity contribution < 1.29 is 9.53 Å². The largest absolute Gasteiger partial charge is 0.465 e. The molecule has 6 heteroatoms. The standard InChI is InChI=1S/C14H19N3O2S/c1-19-14(18)10-2-3-11(16-8-10)9-17(12-4-5-12)7-6-13(15)20/h2-3,8,12H,4-7,9H2,1H3,(H2,15,20). The summed E-state index contributed by atoms with van der Waals surface area (Å²) in [5.41, 5.74) is 6.97. The molecule has 1 aromatic heterocycles. The molecule has 0 amide bonds. The van der Waals surface area contributed by atoms with Crippen molar-refractivity contribution >= 4 is 23.2 Å². The Balaban J connectivity index is 1.96. The molecule has 20 heavy (non-hydrogen) atoms. The third kappa shape index (κ3) is 4.25. The van der Waals surface area contributed by atoms with Crippen molar-refractivity contribution in [2.24, 2.45) is 5.73 Å². The van der Waals surface area contributed by atoms with Gasteiger partial charge in [-0.1, -0.05) is 12.2 Å². The average molecular weight is 293 g/mol. The van der Waals surface area contributed by atoms with Crippen LogP contribution in [-0.2, 0) is 11.3 Å². The van der Waals surface area contributed by atoms with Crippen LogP contribution in [0.15, 0.2) is 18.3 Å². The summed E-state index contributed by atoms with van der Waals surface area (Å²) in [6.07, 6.45) is 4.72. The Morgan fingerprint density at radius 3 is 2.80 bits per heavy atom. The summed E-state index contributed by atoms with van der Waals surface area (Å²) < 4.78 is 4.65. The molecule has 0 radical (unpaired) electrons. The van der Waals surface area contributed by atoms with Gasteiger partial charge in [0.05, 0.1) is 23.4 Å². The Labute approximate surface area is 124 Å². The summed E-state index contributed by atoms with van der Waals surface area (Å²) in [6.45, 7) is 1.62. The first-order valence-electron chi connectivity index (χ1n) is 6.65. The molecule has 1 aliphatic carbocycles. The molecule has 0 bridgehead atoms. The minimum Gasteiger partial charge on any atom is -0.465 e. The van der Waals surface area contributed by atoms with Gasteiger partial charge < -0.3 is 10.5 Å². The van der Waals surface area contributed by atoms with Crippen molar-refractivity contribution in [3.05, 3.63) is 29.6 Å². The molecule has 5 nitrogen and oxygen atoms in total. The number of carbonyl (C=O) groups is 1. The van der Waals surface area contributed by atoms with Crippen molar-refractivity contribution in [1.82, 2.24) is 9.88 Å². The molecule has 0 atom stereocenters. The van der Waals surface area contributed by atoms with Crippen LogP contribution in [0.2, 0.25) is 0 Å². The first-order valence-corrected chi connectivity index (χ1v) is 7.06. The Morgan fingerprint density at radius 2 is 2.30 bits per heavy atom. The minimum absolute atomic E-state index is 0.364. The van der Waals surface area contributed by atoms with Crippen molar-refractivity contribution in [1.29, 1.82) is 0 Å². The maximum atomic E-state index is 11.3. The lowest BCUT2D eigenvalue weighted by Gasteiger charge is -2.21. The number of nitrogens with two attached hydrogens (primary N) is 1. The number of ether oxygens (including phenoxy) is 1. The predicted octanol–water partition coefficient (Wildman–Crippen LogP) is 1.51. The molecule has 0 saturated heterocycles. The summed E-state index contributed by atoms with van der Waals surface area (Å²) in [7, 11) is 1.36. The van der Waals surface area contributed by atoms with Gasteiger partial charge in [-0.3, -0.25) is 9.88 Å². The second-order valence-electron chi connectivity index (χ2n) is 4.95. The molecule has 2 N–H and O–H groups in total. The zero-order valence-corrected chi connectivity index (χ0v) is 12.4. The highest BCUT2D eigenvalue weighted by molar-refractivity contribution is 7.80. The van der Waals surface area contributed by atoms with E-state index in [2.05, 4.69) is 14.6 Å². The van der Waals surface area contributed by atoms with Crippen molar-refractivity contribution in [2.45, 2.75) is 31.8 Å². The van der Waals surface area contributed by atoms with Gasteiger partial charge in [0.25, 0.3) is 0 Å². The van der Waals surface area contributed by atoms with Crippen LogP contribution in [0, 0.1) is 0 Å². The van der Waals surface area contributed by atoms with Gasteiger partial charge in [-0.25, -0.2) is 4.79 Å². The van der Waals surface area contributed by atoms with Gasteiger partial charge >= 0.3 is 5.97 Å². The van der Waals surface area contributed by atoms with E-state index in [4.69, 9.17) is 18.0 Å². The minimum atomic E-state index is -0.364. The van der Waals surface area contributed by atoms with Gasteiger partial charge in [0.2, 0.25) is 0 Å². The summed E-state index contributed by atoms with van der Waals surface area (Å²) in [6, 6.07) is 4.22. The fraction of sp³-hybridized carbons (Fsp3) is 0.500. The molecule has 1 aliphatic rings. The van der Waals surface area contributed by atoms with Gasteiger partial charge in [-0.05, 0) is 25.0 Å². The first kappa shape index (κ1) is 14.9. The highest BCUT2D eigenvalue weighted by atomic mass is 32.1. The average Bonchev–Trinajstić information content (AvgIpc) is 3.27. The SMILES string of the molecule is COC(=O)c1ccc(CN(CCC(N)=S)C2CC2)nc1. The highest BCUT2D eigenvalue weighted by Gasteiger charge is 2.28. The van der Waals surface area contributed by atoms with E-state index in [-0.39, 0.29) is 5.97 Å². The van der Waals surface area contributed by atoms with Crippen LogP contribution in [0.1, 0.15) is 35.3 Å². The zero-order valence-electron chi connectivity index (χ0n) is 11.5. The molecule has 1 heterocycles. The number of hydrogen-bond acceptors (Lipinski definition) is 5. The Kier molecular flexibility index (Phi) is 5.03. The van der Waals surface area contributed by atoms with E-state index >= 15 is 0 Å². The zero-order chi connectivity index (χ0) is 14.5. The van der Waals surface area contributed by atoms with Crippen LogP contribution >= 0.6 is 12.2 Å². The highest BCUT2D eigenvalue weighted by Crippen LogP contribution is 2.28. The topological polar surface area (TPSA) is 68.5 Å². The number of carbonyl (C=O) groups excluding carboxylic acids is 1. The molecule has 1 aromatic rings. The maximum absolute atomic E-state index is 11.3. The van der Waals surface area contributed by atoms with Crippen LogP contribution < -0.4 is 5.73 Å². The second-order valence-corrected chi connectivity index (χ2v) is 5.47. The van der Waals surface area contributed by atoms with Crippen LogP contribution in [0.4, 0.5) is 0 Å². The van der Waals surface area contributed by atoms with E-state index in [9.17, 15) is 4.79 Å². The summed E-state index contributed by atoms with van der Waals surface area (Å²) in [4.78, 5) is 18.6. The van der Waals surface area contributed by atoms with E-state index in [1.165, 1.54) is 20.0 Å². The maximum Gasteiger partial charge on any atom is 0.339 e. The lowest BCUT2D eigenvalue weighted by molar-refractivity contribution is 0.0600. The normalized spacial score (nSPS) is 14.3. The van der Waals surface area contributed by atoms with Crippen LogP contribution in [-0.4, -0.2) is 40.5 Å². The fourth-order valence-corrected chi connectivity index (χ4v) is 2.14. The van der Waals surface area contributed by atoms with Gasteiger partial charge in [0, 0.05) is 31.7 Å². The number of hydrogen-bond donors (Lipinski definition) is 1. The van der Waals surface area contributed by atoms with E-state index in [0.29, 0.717) is 16.6 Å². The number of rotatable bonds is 7. The second kappa shape index (κ2) is 6.76. The third-order valence-electron chi connectivity index (χ3n) is 3.32. The Morgan fingerprint density at radius 1 is 1.55 bits per heavy atom. The molecule has 1 saturated carbocycles. The predicted molar refractivity (Wildman–Crippen MR) is 80.4 cm³/mol. The van der Waals surface area contributed by atoms with E-state index in [1.54, 1.807) is 12.3 Å². The monoisotopic (exact) mass is 293 g/mol. The van der Waals surface area contributed by atoms with Gasteiger partial charge in [-0.15, -0.1) is 0 Å². The van der Waals surface area contributed by atoms with Gasteiger partial charge in [0.15, 0.2) is 0 Å². The first-order chi connectivity index (χ1) is 9.60. The summed E-state index contributed by atoms with van der Waals surface area (Å²) in [5, 5.41) is 0. The number of thiocarbonyl (C=S) groups is 1. The van der Waals surface area contributed by atoms with Crippen molar-refractivity contribution in [3.8, 4) is 0 Å². The lowest BCUT2D eigenvalue weighted by atomic mass is 10.2. The molecule has 108 valence electrons. The van der Waals surface area contributed by atoms with E-state index in [0.717, 1.165) is 25.2 Å². The smallest absolute Gasteiger partial charge is 0.339 e. The van der Waals surface area contributed by atoms with E-state index in [1.807, 2.05) is 6.07 Å². The summed E-state index contributed by atoms with van der Waals surface area (Å²) >= 11 is 4.93. The molecule has 2 rings (SSSR count). The quantitative estimate of drug-likeness (QED) is 0.607. The third-order valence-corrected chi connectivity index (χ3v) is 3.52. The summed E-state index contributed by atoms with van der Waals surface area (Å²) in [5.74, 6) is -0.364. The van der Waals surface area contributed by atoms with Crippen molar-refractivity contribution in [2.75, 3.05) is 13.7 Å². The van der Waals surface area contributed by atoms with Gasteiger partial charge in [0.1, 0.15) is 0 Å². The van der Waals surface area contributed by atoms with Crippen LogP contribution in [0.3, 0.4) is 0 Å². The van der Waals surface area contributed by atoms with Crippen LogP contribution in [0.5, 0.6) is 0 Å². The Hall–Kier alpha value is -1.53. The number of aromatic nitrogens is 1. The molecule has 0 aromatic carbocycles. The fourth-order valence-electron chi connectivity index (χ4n) is 2.05. The number of esters is 1. The number of pyridine rings is 1. The number of nitrogens with zero attached hydrogens (tertiary/aromatic N) is 2. The van der Waals surface area contributed by atoms with Gasteiger partial charge in [-0.2, -0.15) is 0 Å². The van der Waals surface area contributed by atoms with Crippen molar-refractivity contribution in [3.63, 3.8) is 0 Å². The molecular weight excluding hydrogens is 274 g/mol. The number of methoxy groups -OCH3 is 1. The molecule has 1 fully saturated rings. The molecule has 0 aliphatic heterocycles. The molecular formula is C14H19N3O2S. The molecule has 0 unspecified atom stereocenters. The molecule has 0 spiro atoms. The van der Waals surface area contributed by atoms with E-state index < -0.39 is 0 Å². The lowest BCUT2D eigenvalue weighted by Crippen LogP contribution is -2.29. The Bertz CT molecular complexity index is 486.